The molecule has 0 amide bonds. The number of carbonyl (C=O) groups is 2. The number of aliphatic hydroxyl groups excluding tert-OH is 1. The van der Waals surface area contributed by atoms with Gasteiger partial charge in [-0.05, 0) is 20.3 Å². The van der Waals surface area contributed by atoms with Crippen LogP contribution in [-0.4, -0.2) is 29.9 Å². The maximum Gasteiger partial charge on any atom is 0.368 e. The van der Waals surface area contributed by atoms with E-state index in [0.29, 0.717) is 6.42 Å². The van der Waals surface area contributed by atoms with Crippen LogP contribution in [0.25, 0.3) is 0 Å². The van der Waals surface area contributed by atoms with E-state index in [2.05, 4.69) is 27.7 Å². The summed E-state index contributed by atoms with van der Waals surface area (Å²) in [6.07, 6.45) is -0.702. The second-order valence-electron chi connectivity index (χ2n) is 3.76. The quantitative estimate of drug-likeness (QED) is 0.176. The first-order chi connectivity index (χ1) is 8.34. The summed E-state index contributed by atoms with van der Waals surface area (Å²) in [5, 5.41) is 9.30. The molecule has 18 heavy (non-hydrogen) atoms. The first-order valence-corrected chi connectivity index (χ1v) is 5.38. The van der Waals surface area contributed by atoms with Crippen LogP contribution >= 0.6 is 0 Å². The Balaban J connectivity index is 3.61. The number of ether oxygens (including phenoxy) is 1. The molecule has 0 saturated heterocycles. The van der Waals surface area contributed by atoms with Crippen molar-refractivity contribution in [3.05, 3.63) is 24.3 Å². The maximum absolute atomic E-state index is 11.0. The summed E-state index contributed by atoms with van der Waals surface area (Å²) in [5.74, 6) is -1.30. The van der Waals surface area contributed by atoms with Crippen LogP contribution in [0.15, 0.2) is 24.3 Å². The topological polar surface area (TPSA) is 82.1 Å². The van der Waals surface area contributed by atoms with Crippen molar-refractivity contribution in [3.8, 4) is 0 Å². The normalized spacial score (nSPS) is 11.5. The highest BCUT2D eigenvalue weighted by Gasteiger charge is 2.11. The molecule has 0 aliphatic rings. The standard InChI is InChI=1S/C12H18O6/c1-8(2)11(14)17-10(13)6-5-7-16-18-12(15)9(3)4/h10,13H,1,3,5-7H2,2,4H3. The van der Waals surface area contributed by atoms with Crippen LogP contribution in [0.3, 0.4) is 0 Å². The van der Waals surface area contributed by atoms with Gasteiger partial charge in [0.05, 0.1) is 6.61 Å². The molecule has 0 aromatic heterocycles. The van der Waals surface area contributed by atoms with E-state index < -0.39 is 18.2 Å². The van der Waals surface area contributed by atoms with Crippen LogP contribution < -0.4 is 0 Å². The molecule has 0 rings (SSSR count). The van der Waals surface area contributed by atoms with Gasteiger partial charge in [-0.2, -0.15) is 4.89 Å². The van der Waals surface area contributed by atoms with Crippen LogP contribution in [0.1, 0.15) is 26.7 Å². The zero-order valence-corrected chi connectivity index (χ0v) is 10.6. The average molecular weight is 258 g/mol. The Labute approximate surface area is 106 Å². The van der Waals surface area contributed by atoms with Gasteiger partial charge >= 0.3 is 11.9 Å². The minimum absolute atomic E-state index is 0.0840. The maximum atomic E-state index is 11.0. The van der Waals surface area contributed by atoms with Crippen molar-refractivity contribution in [2.24, 2.45) is 0 Å². The van der Waals surface area contributed by atoms with Crippen molar-refractivity contribution in [2.75, 3.05) is 6.61 Å². The number of aliphatic hydroxyl groups is 1. The van der Waals surface area contributed by atoms with Crippen LogP contribution in [0, 0.1) is 0 Å². The molecule has 0 aliphatic heterocycles. The van der Waals surface area contributed by atoms with Crippen LogP contribution in [-0.2, 0) is 24.1 Å². The molecule has 0 aliphatic carbocycles. The summed E-state index contributed by atoms with van der Waals surface area (Å²) in [4.78, 5) is 30.8. The molecule has 6 heteroatoms. The zero-order valence-electron chi connectivity index (χ0n) is 10.6. The number of esters is 1. The molecule has 0 fully saturated rings. The minimum atomic E-state index is -1.23. The Kier molecular flexibility index (Phi) is 7.66. The third kappa shape index (κ3) is 7.59. The van der Waals surface area contributed by atoms with Gasteiger partial charge in [0.2, 0.25) is 6.29 Å². The smallest absolute Gasteiger partial charge is 0.368 e. The second-order valence-corrected chi connectivity index (χ2v) is 3.76. The summed E-state index contributed by atoms with van der Waals surface area (Å²) >= 11 is 0. The van der Waals surface area contributed by atoms with Gasteiger partial charge in [-0.15, -0.1) is 0 Å². The molecule has 0 radical (unpaired) electrons. The van der Waals surface area contributed by atoms with Crippen LogP contribution in [0.5, 0.6) is 0 Å². The van der Waals surface area contributed by atoms with Gasteiger partial charge in [0.25, 0.3) is 0 Å². The van der Waals surface area contributed by atoms with Gasteiger partial charge in [0, 0.05) is 17.6 Å². The molecule has 0 spiro atoms. The van der Waals surface area contributed by atoms with E-state index in [1.54, 1.807) is 0 Å². The van der Waals surface area contributed by atoms with E-state index in [1.807, 2.05) is 0 Å². The average Bonchev–Trinajstić information content (AvgIpc) is 2.27. The molecule has 0 bridgehead atoms. The summed E-state index contributed by atoms with van der Waals surface area (Å²) in [5.41, 5.74) is 0.436. The predicted molar refractivity (Wildman–Crippen MR) is 63.0 cm³/mol. The Morgan fingerprint density at radius 2 is 1.72 bits per heavy atom. The Bertz CT molecular complexity index is 333. The van der Waals surface area contributed by atoms with Gasteiger partial charge in [-0.25, -0.2) is 9.59 Å². The Hall–Kier alpha value is -1.66. The molecule has 102 valence electrons. The van der Waals surface area contributed by atoms with Gasteiger partial charge in [0.1, 0.15) is 0 Å². The van der Waals surface area contributed by atoms with E-state index in [4.69, 9.17) is 0 Å². The van der Waals surface area contributed by atoms with E-state index >= 15 is 0 Å². The molecule has 1 atom stereocenters. The lowest BCUT2D eigenvalue weighted by Gasteiger charge is -2.11. The highest BCUT2D eigenvalue weighted by Crippen LogP contribution is 2.03. The highest BCUT2D eigenvalue weighted by atomic mass is 17.2. The van der Waals surface area contributed by atoms with Crippen LogP contribution in [0.4, 0.5) is 0 Å². The molecular weight excluding hydrogens is 240 g/mol. The molecule has 0 aromatic rings. The lowest BCUT2D eigenvalue weighted by molar-refractivity contribution is -0.269. The summed E-state index contributed by atoms with van der Waals surface area (Å²) in [7, 11) is 0. The number of rotatable bonds is 8. The second kappa shape index (κ2) is 8.43. The van der Waals surface area contributed by atoms with E-state index in [0.717, 1.165) is 0 Å². The molecule has 1 N–H and O–H groups in total. The van der Waals surface area contributed by atoms with Crippen molar-refractivity contribution in [1.82, 2.24) is 0 Å². The van der Waals surface area contributed by atoms with Crippen molar-refractivity contribution in [1.29, 1.82) is 0 Å². The number of hydrogen-bond acceptors (Lipinski definition) is 6. The van der Waals surface area contributed by atoms with E-state index in [1.165, 1.54) is 13.8 Å². The lowest BCUT2D eigenvalue weighted by atomic mass is 10.3. The lowest BCUT2D eigenvalue weighted by Crippen LogP contribution is -2.18. The van der Waals surface area contributed by atoms with Gasteiger partial charge in [-0.1, -0.05) is 13.2 Å². The predicted octanol–water partition coefficient (Wildman–Crippen LogP) is 1.26. The van der Waals surface area contributed by atoms with E-state index in [-0.39, 0.29) is 24.2 Å². The Morgan fingerprint density at radius 3 is 2.22 bits per heavy atom. The van der Waals surface area contributed by atoms with Gasteiger partial charge in [0.15, 0.2) is 0 Å². The number of hydrogen-bond donors (Lipinski definition) is 1. The fourth-order valence-corrected chi connectivity index (χ4v) is 0.766. The first-order valence-electron chi connectivity index (χ1n) is 5.38. The largest absolute Gasteiger partial charge is 0.433 e. The molecule has 0 saturated carbocycles. The molecule has 0 heterocycles. The van der Waals surface area contributed by atoms with E-state index in [9.17, 15) is 14.7 Å². The monoisotopic (exact) mass is 258 g/mol. The van der Waals surface area contributed by atoms with Crippen molar-refractivity contribution in [2.45, 2.75) is 33.0 Å². The highest BCUT2D eigenvalue weighted by molar-refractivity contribution is 5.87. The minimum Gasteiger partial charge on any atom is -0.433 e. The molecule has 6 nitrogen and oxygen atoms in total. The van der Waals surface area contributed by atoms with Crippen LogP contribution in [0.2, 0.25) is 0 Å². The van der Waals surface area contributed by atoms with Crippen molar-refractivity contribution < 1.29 is 29.2 Å². The summed E-state index contributed by atoms with van der Waals surface area (Å²) in [6, 6.07) is 0. The number of carbonyl (C=O) groups excluding carboxylic acids is 2. The zero-order chi connectivity index (χ0) is 14.1. The SMILES string of the molecule is C=C(C)C(=O)OOCCCC(O)OC(=O)C(=C)C. The van der Waals surface area contributed by atoms with Crippen molar-refractivity contribution >= 4 is 11.9 Å². The molecule has 1 unspecified atom stereocenters. The van der Waals surface area contributed by atoms with Gasteiger partial charge in [-0.3, -0.25) is 4.89 Å². The fourth-order valence-electron chi connectivity index (χ4n) is 0.766. The third-order valence-corrected chi connectivity index (χ3v) is 1.75. The summed E-state index contributed by atoms with van der Waals surface area (Å²) < 4.78 is 4.62. The molecule has 0 aromatic carbocycles. The Morgan fingerprint density at radius 1 is 1.17 bits per heavy atom. The first kappa shape index (κ1) is 16.3. The van der Waals surface area contributed by atoms with Crippen molar-refractivity contribution in [3.63, 3.8) is 0 Å². The fraction of sp³-hybridized carbons (Fsp3) is 0.500. The molecular formula is C12H18O6. The summed E-state index contributed by atoms with van der Waals surface area (Å²) in [6.45, 7) is 9.81. The third-order valence-electron chi connectivity index (χ3n) is 1.75. The van der Waals surface area contributed by atoms with Gasteiger partial charge < -0.3 is 9.84 Å².